The summed E-state index contributed by atoms with van der Waals surface area (Å²) >= 11 is 0. The lowest BCUT2D eigenvalue weighted by atomic mass is 10.2. The summed E-state index contributed by atoms with van der Waals surface area (Å²) in [4.78, 5) is 26.5. The fraction of sp³-hybridized carbons (Fsp3) is 0.467. The number of rotatable bonds is 7. The van der Waals surface area contributed by atoms with Gasteiger partial charge in [0, 0.05) is 17.9 Å². The molecule has 0 saturated heterocycles. The normalized spacial score (nSPS) is 11.4. The van der Waals surface area contributed by atoms with Gasteiger partial charge >= 0.3 is 11.4 Å². The van der Waals surface area contributed by atoms with Crippen LogP contribution in [0.3, 0.4) is 0 Å². The fourth-order valence-corrected chi connectivity index (χ4v) is 2.48. The maximum absolute atomic E-state index is 12.0. The molecule has 1 heterocycles. The fourth-order valence-electron chi connectivity index (χ4n) is 2.48. The second-order valence-corrected chi connectivity index (χ2v) is 6.02. The van der Waals surface area contributed by atoms with Crippen molar-refractivity contribution < 1.29 is 8.90 Å². The molecule has 0 aliphatic rings. The zero-order chi connectivity index (χ0) is 16.9. The molecule has 2 aromatic rings. The Morgan fingerprint density at radius 3 is 2.74 bits per heavy atom. The maximum Gasteiger partial charge on any atom is 0.422 e. The van der Waals surface area contributed by atoms with Crippen LogP contribution in [0.15, 0.2) is 43.4 Å². The molecule has 0 aliphatic carbocycles. The molecule has 0 N–H and O–H groups in total. The number of hydrogen-bond donors (Lipinski definition) is 0. The van der Waals surface area contributed by atoms with Gasteiger partial charge in [0.2, 0.25) is 0 Å². The first-order valence-electron chi connectivity index (χ1n) is 7.40. The minimum Gasteiger partial charge on any atom is -0.372 e. The summed E-state index contributed by atoms with van der Waals surface area (Å²) in [6.45, 7) is 2.41. The quantitative estimate of drug-likeness (QED) is 0.255. The monoisotopic (exact) mass is 318 g/mol. The molecule has 0 radical (unpaired) electrons. The van der Waals surface area contributed by atoms with E-state index >= 15 is 0 Å². The molecule has 8 heteroatoms. The predicted octanol–water partition coefficient (Wildman–Crippen LogP) is 1.73. The van der Waals surface area contributed by atoms with Crippen LogP contribution in [0.5, 0.6) is 0 Å². The van der Waals surface area contributed by atoms with E-state index in [0.717, 1.165) is 13.0 Å². The van der Waals surface area contributed by atoms with Crippen molar-refractivity contribution in [1.29, 1.82) is 0 Å². The molecule has 0 fully saturated rings. The Kier molecular flexibility index (Phi) is 5.20. The average molecular weight is 318 g/mol. The first-order chi connectivity index (χ1) is 10.9. The average Bonchev–Trinajstić information content (AvgIpc) is 2.51. The maximum atomic E-state index is 12.0. The summed E-state index contributed by atoms with van der Waals surface area (Å²) in [5, 5.41) is 3.93. The minimum absolute atomic E-state index is 0.403. The van der Waals surface area contributed by atoms with Crippen molar-refractivity contribution in [2.45, 2.75) is 13.0 Å². The largest absolute Gasteiger partial charge is 0.422 e. The van der Waals surface area contributed by atoms with E-state index in [1.54, 1.807) is 24.3 Å². The zero-order valence-corrected chi connectivity index (χ0v) is 13.3. The summed E-state index contributed by atoms with van der Waals surface area (Å²) in [7, 11) is 4.09. The van der Waals surface area contributed by atoms with E-state index in [1.165, 1.54) is 4.57 Å². The second-order valence-electron chi connectivity index (χ2n) is 6.02. The molecule has 1 aromatic carbocycles. The van der Waals surface area contributed by atoms with Crippen molar-refractivity contribution in [2.75, 3.05) is 33.7 Å². The van der Waals surface area contributed by atoms with Gasteiger partial charge < -0.3 is 8.90 Å². The molecule has 8 nitrogen and oxygen atoms in total. The molecular weight excluding hydrogens is 298 g/mol. The molecule has 122 valence electrons. The number of likely N-dealkylation sites (N-methyl/N-ethyl adjacent to an activating group) is 1. The van der Waals surface area contributed by atoms with Crippen LogP contribution in [0.1, 0.15) is 6.42 Å². The van der Waals surface area contributed by atoms with Gasteiger partial charge in [-0.15, -0.1) is 0 Å². The lowest BCUT2D eigenvalue weighted by Gasteiger charge is -2.29. The number of benzene rings is 1. The molecular formula is C15H20N5O3+. The molecule has 23 heavy (non-hydrogen) atoms. The van der Waals surface area contributed by atoms with E-state index in [-0.39, 0.29) is 0 Å². The predicted molar refractivity (Wildman–Crippen MR) is 87.2 cm³/mol. The zero-order valence-electron chi connectivity index (χ0n) is 13.3. The lowest BCUT2D eigenvalue weighted by Crippen LogP contribution is -2.44. The third kappa shape index (κ3) is 4.21. The van der Waals surface area contributed by atoms with Gasteiger partial charge in [-0.2, -0.15) is 0 Å². The Labute approximate surface area is 132 Å². The highest BCUT2D eigenvalue weighted by Crippen LogP contribution is 2.08. The third-order valence-electron chi connectivity index (χ3n) is 3.83. The molecule has 0 saturated carbocycles. The molecule has 0 atom stereocenters. The van der Waals surface area contributed by atoms with Gasteiger partial charge in [-0.25, -0.2) is 9.59 Å². The molecule has 1 aromatic heterocycles. The molecule has 2 rings (SSSR count). The Hall–Kier alpha value is -2.57. The van der Waals surface area contributed by atoms with Crippen molar-refractivity contribution >= 4 is 10.9 Å². The van der Waals surface area contributed by atoms with Crippen LogP contribution in [0.2, 0.25) is 0 Å². The van der Waals surface area contributed by atoms with Crippen molar-refractivity contribution in [2.24, 2.45) is 5.11 Å². The van der Waals surface area contributed by atoms with E-state index < -0.39 is 11.4 Å². The van der Waals surface area contributed by atoms with Gasteiger partial charge in [0.25, 0.3) is 0 Å². The Bertz CT molecular complexity index is 846. The number of hydrogen-bond acceptors (Lipinski definition) is 4. The number of para-hydroxylation sites is 1. The highest BCUT2D eigenvalue weighted by atomic mass is 16.4. The van der Waals surface area contributed by atoms with Crippen molar-refractivity contribution in [3.63, 3.8) is 0 Å². The highest BCUT2D eigenvalue weighted by molar-refractivity contribution is 5.77. The van der Waals surface area contributed by atoms with Crippen LogP contribution >= 0.6 is 0 Å². The Morgan fingerprint density at radius 1 is 1.26 bits per heavy atom. The number of quaternary nitrogens is 1. The molecule has 0 unspecified atom stereocenters. The van der Waals surface area contributed by atoms with E-state index in [2.05, 4.69) is 10.0 Å². The summed E-state index contributed by atoms with van der Waals surface area (Å²) in [5.41, 5.74) is 8.26. The third-order valence-corrected chi connectivity index (χ3v) is 3.83. The molecule has 0 bridgehead atoms. The summed E-state index contributed by atoms with van der Waals surface area (Å²) < 4.78 is 6.95. The topological polar surface area (TPSA) is 101 Å². The van der Waals surface area contributed by atoms with Crippen LogP contribution in [-0.4, -0.2) is 42.8 Å². The van der Waals surface area contributed by atoms with Crippen LogP contribution in [0.25, 0.3) is 21.3 Å². The summed E-state index contributed by atoms with van der Waals surface area (Å²) in [6, 6.07) is 6.92. The van der Waals surface area contributed by atoms with Gasteiger partial charge in [-0.05, 0) is 17.7 Å². The van der Waals surface area contributed by atoms with Gasteiger partial charge in [0.1, 0.15) is 0 Å². The van der Waals surface area contributed by atoms with Gasteiger partial charge in [-0.3, -0.25) is 4.57 Å². The first kappa shape index (κ1) is 16.8. The molecule has 0 aliphatic heterocycles. The van der Waals surface area contributed by atoms with E-state index in [9.17, 15) is 9.59 Å². The molecule has 0 spiro atoms. The van der Waals surface area contributed by atoms with E-state index in [1.807, 2.05) is 14.1 Å². The second kappa shape index (κ2) is 7.13. The molecule has 0 amide bonds. The SMILES string of the molecule is C[N+](C)(CCCN=[N+]=[N-])CCn1c(=O)oc(=O)c2ccccc21. The summed E-state index contributed by atoms with van der Waals surface area (Å²) in [5.74, 6) is -0.636. The number of fused-ring (bicyclic) bond motifs is 1. The van der Waals surface area contributed by atoms with Crippen LogP contribution < -0.4 is 11.4 Å². The number of nitrogens with zero attached hydrogens (tertiary/aromatic N) is 5. The van der Waals surface area contributed by atoms with Crippen LogP contribution in [0, 0.1) is 0 Å². The number of aromatic nitrogens is 1. The lowest BCUT2D eigenvalue weighted by molar-refractivity contribution is -0.891. The number of azide groups is 1. The minimum atomic E-state index is -0.636. The Balaban J connectivity index is 2.17. The first-order valence-corrected chi connectivity index (χ1v) is 7.40. The standard InChI is InChI=1S/C15H20N5O3/c1-20(2,10-5-8-17-18-16)11-9-19-13-7-4-3-6-12(13)14(21)23-15(19)22/h3-4,6-7H,5,8-11H2,1-2H3/q+1. The van der Waals surface area contributed by atoms with Gasteiger partial charge in [0.05, 0.1) is 44.6 Å². The van der Waals surface area contributed by atoms with Crippen LogP contribution in [-0.2, 0) is 6.54 Å². The van der Waals surface area contributed by atoms with Crippen molar-refractivity contribution in [3.05, 3.63) is 55.7 Å². The van der Waals surface area contributed by atoms with Crippen molar-refractivity contribution in [1.82, 2.24) is 4.57 Å². The van der Waals surface area contributed by atoms with E-state index in [0.29, 0.717) is 35.0 Å². The van der Waals surface area contributed by atoms with Gasteiger partial charge in [0.15, 0.2) is 0 Å². The summed E-state index contributed by atoms with van der Waals surface area (Å²) in [6.07, 6.45) is 0.774. The smallest absolute Gasteiger partial charge is 0.372 e. The Morgan fingerprint density at radius 2 is 2.00 bits per heavy atom. The highest BCUT2D eigenvalue weighted by Gasteiger charge is 2.16. The van der Waals surface area contributed by atoms with Crippen LogP contribution in [0.4, 0.5) is 0 Å². The van der Waals surface area contributed by atoms with E-state index in [4.69, 9.17) is 9.95 Å². The van der Waals surface area contributed by atoms with Gasteiger partial charge in [-0.1, -0.05) is 17.2 Å². The van der Waals surface area contributed by atoms with Crippen molar-refractivity contribution in [3.8, 4) is 0 Å².